The van der Waals surface area contributed by atoms with Crippen molar-refractivity contribution >= 4 is 17.8 Å². The van der Waals surface area contributed by atoms with E-state index in [0.717, 1.165) is 4.90 Å². The quantitative estimate of drug-likeness (QED) is 0.282. The lowest BCUT2D eigenvalue weighted by molar-refractivity contribution is -0.130. The maximum absolute atomic E-state index is 11.9. The number of nitrogens with zero attached hydrogens (tertiary/aromatic N) is 2. The highest BCUT2D eigenvalue weighted by Crippen LogP contribution is 2.19. The van der Waals surface area contributed by atoms with E-state index in [0.29, 0.717) is 0 Å². The minimum atomic E-state index is -0.950. The summed E-state index contributed by atoms with van der Waals surface area (Å²) in [5.74, 6) is 4.16. The SMILES string of the molecule is CC1(C)NC(=O)N(Cc2cc(C(=O)NN)no2)C1=O. The van der Waals surface area contributed by atoms with E-state index in [2.05, 4.69) is 10.5 Å². The third-order valence-corrected chi connectivity index (χ3v) is 2.68. The first-order valence-electron chi connectivity index (χ1n) is 5.46. The first kappa shape index (κ1) is 13.0. The summed E-state index contributed by atoms with van der Waals surface area (Å²) in [7, 11) is 0. The van der Waals surface area contributed by atoms with Gasteiger partial charge in [-0.25, -0.2) is 10.6 Å². The van der Waals surface area contributed by atoms with Crippen molar-refractivity contribution in [1.29, 1.82) is 0 Å². The number of rotatable bonds is 3. The molecule has 1 saturated heterocycles. The molecule has 19 heavy (non-hydrogen) atoms. The Morgan fingerprint density at radius 1 is 1.58 bits per heavy atom. The Labute approximate surface area is 108 Å². The van der Waals surface area contributed by atoms with Gasteiger partial charge in [-0.15, -0.1) is 0 Å². The van der Waals surface area contributed by atoms with E-state index in [-0.39, 0.29) is 23.9 Å². The van der Waals surface area contributed by atoms with Crippen LogP contribution >= 0.6 is 0 Å². The number of nitrogens with one attached hydrogen (secondary N) is 2. The summed E-state index contributed by atoms with van der Waals surface area (Å²) in [6.07, 6.45) is 0. The van der Waals surface area contributed by atoms with E-state index < -0.39 is 17.5 Å². The van der Waals surface area contributed by atoms with Crippen molar-refractivity contribution in [3.63, 3.8) is 0 Å². The molecule has 9 heteroatoms. The van der Waals surface area contributed by atoms with E-state index in [1.54, 1.807) is 13.8 Å². The molecule has 1 aliphatic heterocycles. The maximum Gasteiger partial charge on any atom is 0.325 e. The summed E-state index contributed by atoms with van der Waals surface area (Å²) >= 11 is 0. The van der Waals surface area contributed by atoms with Gasteiger partial charge in [-0.3, -0.25) is 19.9 Å². The Balaban J connectivity index is 2.14. The lowest BCUT2D eigenvalue weighted by Crippen LogP contribution is -2.40. The van der Waals surface area contributed by atoms with Crippen LogP contribution in [0.1, 0.15) is 30.1 Å². The highest BCUT2D eigenvalue weighted by Gasteiger charge is 2.44. The molecule has 0 atom stereocenters. The molecule has 102 valence electrons. The topological polar surface area (TPSA) is 131 Å². The molecule has 1 fully saturated rings. The van der Waals surface area contributed by atoms with Crippen molar-refractivity contribution in [3.8, 4) is 0 Å². The van der Waals surface area contributed by atoms with Crippen LogP contribution < -0.4 is 16.6 Å². The number of nitrogen functional groups attached to an aromatic ring is 1. The van der Waals surface area contributed by atoms with Gasteiger partial charge in [0.2, 0.25) is 0 Å². The van der Waals surface area contributed by atoms with E-state index in [9.17, 15) is 14.4 Å². The Bertz CT molecular complexity index is 550. The minimum absolute atomic E-state index is 0.0242. The molecule has 0 saturated carbocycles. The molecule has 9 nitrogen and oxygen atoms in total. The first-order chi connectivity index (χ1) is 8.85. The number of hydrazine groups is 1. The second-order valence-corrected chi connectivity index (χ2v) is 4.60. The number of imide groups is 1. The number of nitrogens with two attached hydrogens (primary N) is 1. The monoisotopic (exact) mass is 267 g/mol. The molecule has 4 amide bonds. The van der Waals surface area contributed by atoms with Gasteiger partial charge in [0.25, 0.3) is 11.8 Å². The molecule has 4 N–H and O–H groups in total. The van der Waals surface area contributed by atoms with Crippen molar-refractivity contribution < 1.29 is 18.9 Å². The van der Waals surface area contributed by atoms with Crippen LogP contribution in [0.15, 0.2) is 10.6 Å². The van der Waals surface area contributed by atoms with Gasteiger partial charge in [-0.2, -0.15) is 0 Å². The molecule has 1 aliphatic rings. The Kier molecular flexibility index (Phi) is 2.98. The zero-order valence-corrected chi connectivity index (χ0v) is 10.4. The van der Waals surface area contributed by atoms with Gasteiger partial charge in [0, 0.05) is 6.07 Å². The van der Waals surface area contributed by atoms with Gasteiger partial charge in [0.15, 0.2) is 11.5 Å². The molecular formula is C10H13N5O4. The van der Waals surface area contributed by atoms with Crippen LogP contribution in [0.25, 0.3) is 0 Å². The van der Waals surface area contributed by atoms with E-state index in [1.165, 1.54) is 6.07 Å². The number of hydrogen-bond acceptors (Lipinski definition) is 6. The maximum atomic E-state index is 11.9. The zero-order valence-electron chi connectivity index (χ0n) is 10.4. The summed E-state index contributed by atoms with van der Waals surface area (Å²) in [5.41, 5.74) is 0.924. The number of urea groups is 1. The highest BCUT2D eigenvalue weighted by molar-refractivity contribution is 6.06. The van der Waals surface area contributed by atoms with Gasteiger partial charge < -0.3 is 9.84 Å². The normalized spacial score (nSPS) is 17.5. The second kappa shape index (κ2) is 4.35. The zero-order chi connectivity index (χ0) is 14.2. The molecule has 0 unspecified atom stereocenters. The smallest absolute Gasteiger partial charge is 0.325 e. The van der Waals surface area contributed by atoms with E-state index >= 15 is 0 Å². The van der Waals surface area contributed by atoms with Gasteiger partial charge in [0.1, 0.15) is 5.54 Å². The number of hydrogen-bond donors (Lipinski definition) is 3. The second-order valence-electron chi connectivity index (χ2n) is 4.60. The molecule has 2 rings (SSSR count). The molecule has 2 heterocycles. The molecule has 0 spiro atoms. The summed E-state index contributed by atoms with van der Waals surface area (Å²) in [6.45, 7) is 3.10. The molecule has 1 aromatic heterocycles. The fraction of sp³-hybridized carbons (Fsp3) is 0.400. The van der Waals surface area contributed by atoms with Gasteiger partial charge in [0.05, 0.1) is 6.54 Å². The summed E-state index contributed by atoms with van der Waals surface area (Å²) in [6, 6.07) is 0.796. The Morgan fingerprint density at radius 2 is 2.26 bits per heavy atom. The predicted molar refractivity (Wildman–Crippen MR) is 61.3 cm³/mol. The average molecular weight is 267 g/mol. The Hall–Kier alpha value is -2.42. The van der Waals surface area contributed by atoms with Crippen LogP contribution in [0.2, 0.25) is 0 Å². The largest absolute Gasteiger partial charge is 0.359 e. The fourth-order valence-electron chi connectivity index (χ4n) is 1.69. The van der Waals surface area contributed by atoms with Crippen LogP contribution in [0.4, 0.5) is 4.79 Å². The van der Waals surface area contributed by atoms with Crippen LogP contribution in [-0.4, -0.2) is 33.4 Å². The standard InChI is InChI=1S/C10H13N5O4/c1-10(2)8(17)15(9(18)12-10)4-5-3-6(14-19-5)7(16)13-11/h3H,4,11H2,1-2H3,(H,12,18)(H,13,16). The van der Waals surface area contributed by atoms with Gasteiger partial charge in [-0.05, 0) is 13.8 Å². The summed E-state index contributed by atoms with van der Waals surface area (Å²) in [5, 5.41) is 6.01. The first-order valence-corrected chi connectivity index (χ1v) is 5.46. The molecule has 0 aromatic carbocycles. The molecule has 1 aromatic rings. The minimum Gasteiger partial charge on any atom is -0.359 e. The summed E-state index contributed by atoms with van der Waals surface area (Å²) in [4.78, 5) is 35.7. The van der Waals surface area contributed by atoms with E-state index in [4.69, 9.17) is 10.4 Å². The van der Waals surface area contributed by atoms with Crippen molar-refractivity contribution in [2.75, 3.05) is 0 Å². The van der Waals surface area contributed by atoms with Crippen LogP contribution in [0.3, 0.4) is 0 Å². The average Bonchev–Trinajstić information content (AvgIpc) is 2.88. The van der Waals surface area contributed by atoms with Crippen molar-refractivity contribution in [2.45, 2.75) is 25.9 Å². The lowest BCUT2D eigenvalue weighted by atomic mass is 10.1. The van der Waals surface area contributed by atoms with Crippen molar-refractivity contribution in [1.82, 2.24) is 20.8 Å². The number of carbonyl (C=O) groups is 3. The highest BCUT2D eigenvalue weighted by atomic mass is 16.5. The van der Waals surface area contributed by atoms with Gasteiger partial charge in [-0.1, -0.05) is 5.16 Å². The van der Waals surface area contributed by atoms with Crippen molar-refractivity contribution in [3.05, 3.63) is 17.5 Å². The molecular weight excluding hydrogens is 254 g/mol. The van der Waals surface area contributed by atoms with Crippen molar-refractivity contribution in [2.24, 2.45) is 5.84 Å². The number of carbonyl (C=O) groups excluding carboxylic acids is 3. The lowest BCUT2D eigenvalue weighted by Gasteiger charge is -2.14. The third-order valence-electron chi connectivity index (χ3n) is 2.68. The number of aromatic nitrogens is 1. The molecule has 0 bridgehead atoms. The Morgan fingerprint density at radius 3 is 2.79 bits per heavy atom. The van der Waals surface area contributed by atoms with Gasteiger partial charge >= 0.3 is 6.03 Å². The predicted octanol–water partition coefficient (Wildman–Crippen LogP) is -0.891. The molecule has 0 radical (unpaired) electrons. The molecule has 0 aliphatic carbocycles. The van der Waals surface area contributed by atoms with Crippen LogP contribution in [0, 0.1) is 0 Å². The number of amides is 4. The van der Waals surface area contributed by atoms with Crippen LogP contribution in [-0.2, 0) is 11.3 Å². The third kappa shape index (κ3) is 2.27. The van der Waals surface area contributed by atoms with Crippen LogP contribution in [0.5, 0.6) is 0 Å². The van der Waals surface area contributed by atoms with E-state index in [1.807, 2.05) is 5.43 Å². The summed E-state index contributed by atoms with van der Waals surface area (Å²) < 4.78 is 4.87. The fourth-order valence-corrected chi connectivity index (χ4v) is 1.69.